The largest absolute Gasteiger partial charge is 0.372 e. The molecular weight excluding hydrogens is 476 g/mol. The van der Waals surface area contributed by atoms with Gasteiger partial charge >= 0.3 is 0 Å². The molecule has 3 heterocycles. The maximum absolute atomic E-state index is 11.8. The zero-order valence-corrected chi connectivity index (χ0v) is 21.0. The van der Waals surface area contributed by atoms with Crippen molar-refractivity contribution in [2.24, 2.45) is 0 Å². The number of hydrogen-bond acceptors (Lipinski definition) is 8. The third kappa shape index (κ3) is 4.72. The lowest BCUT2D eigenvalue weighted by Crippen LogP contribution is -2.47. The highest BCUT2D eigenvalue weighted by molar-refractivity contribution is 7.88. The first-order chi connectivity index (χ1) is 17.4. The van der Waals surface area contributed by atoms with Crippen molar-refractivity contribution < 1.29 is 8.42 Å². The number of fused-ring (bicyclic) bond motifs is 1. The number of H-pyrrole nitrogens is 1. The molecule has 2 aromatic heterocycles. The van der Waals surface area contributed by atoms with Crippen LogP contribution in [0.3, 0.4) is 0 Å². The van der Waals surface area contributed by atoms with Gasteiger partial charge in [-0.1, -0.05) is 30.3 Å². The maximum atomic E-state index is 11.8. The molecule has 11 heteroatoms. The normalized spacial score (nSPS) is 15.3. The molecule has 10 nitrogen and oxygen atoms in total. The third-order valence-electron chi connectivity index (χ3n) is 6.46. The van der Waals surface area contributed by atoms with Crippen LogP contribution in [-0.2, 0) is 16.6 Å². The Balaban J connectivity index is 1.49. The van der Waals surface area contributed by atoms with E-state index in [1.54, 1.807) is 13.2 Å². The summed E-state index contributed by atoms with van der Waals surface area (Å²) >= 11 is 0. The Morgan fingerprint density at radius 1 is 1.11 bits per heavy atom. The Hall–Kier alpha value is -3.67. The lowest BCUT2D eigenvalue weighted by atomic mass is 10.0. The van der Waals surface area contributed by atoms with Crippen molar-refractivity contribution in [1.29, 1.82) is 5.41 Å². The molecule has 1 aliphatic rings. The van der Waals surface area contributed by atoms with E-state index in [0.29, 0.717) is 55.6 Å². The average molecular weight is 505 g/mol. The summed E-state index contributed by atoms with van der Waals surface area (Å²) in [5, 5.41) is 19.3. The summed E-state index contributed by atoms with van der Waals surface area (Å²) in [5.74, 6) is 1.13. The van der Waals surface area contributed by atoms with Crippen LogP contribution in [0.15, 0.2) is 48.7 Å². The van der Waals surface area contributed by atoms with Crippen molar-refractivity contribution in [2.75, 3.05) is 44.8 Å². The highest BCUT2D eigenvalue weighted by atomic mass is 32.2. The fraction of sp³-hybridized carbons (Fsp3) is 0.280. The summed E-state index contributed by atoms with van der Waals surface area (Å²) in [7, 11) is -1.37. The Morgan fingerprint density at radius 2 is 1.89 bits per heavy atom. The summed E-state index contributed by atoms with van der Waals surface area (Å²) in [5.41, 5.74) is 5.02. The monoisotopic (exact) mass is 504 g/mol. The van der Waals surface area contributed by atoms with Gasteiger partial charge in [0.05, 0.1) is 29.2 Å². The number of nitrogens with zero attached hydrogens (tertiary/aromatic N) is 5. The van der Waals surface area contributed by atoms with Crippen molar-refractivity contribution in [3.05, 3.63) is 59.8 Å². The van der Waals surface area contributed by atoms with Gasteiger partial charge in [-0.2, -0.15) is 9.40 Å². The number of rotatable bonds is 7. The lowest BCUT2D eigenvalue weighted by molar-refractivity contribution is 0.182. The van der Waals surface area contributed by atoms with Crippen LogP contribution in [0, 0.1) is 5.41 Å². The van der Waals surface area contributed by atoms with Crippen molar-refractivity contribution in [3.63, 3.8) is 0 Å². The Kier molecular flexibility index (Phi) is 6.52. The minimum absolute atomic E-state index is 0.497. The van der Waals surface area contributed by atoms with E-state index in [9.17, 15) is 8.42 Å². The van der Waals surface area contributed by atoms with E-state index in [1.807, 2.05) is 30.3 Å². The van der Waals surface area contributed by atoms with Gasteiger partial charge in [-0.25, -0.2) is 18.4 Å². The molecule has 1 saturated heterocycles. The van der Waals surface area contributed by atoms with Crippen molar-refractivity contribution in [2.45, 2.75) is 6.54 Å². The number of benzene rings is 2. The zero-order chi connectivity index (χ0) is 25.3. The number of hydrogen-bond donors (Lipinski definition) is 3. The Bertz CT molecular complexity index is 1520. The number of aromatic amines is 1. The standard InChI is InChI=1S/C25H28N8O2S/c1-27-24-20(14-26)23(29-25(30-24)19-7-4-8-22-21(19)15-28-31-22)18-6-3-5-17(13-18)16-32-9-11-33(12-10-32)36(2,34)35/h3-8,13-15,26H,9-12,16H2,1-2H3,(H,28,31)(H,27,29,30). The highest BCUT2D eigenvalue weighted by Gasteiger charge is 2.23. The van der Waals surface area contributed by atoms with E-state index in [0.717, 1.165) is 27.6 Å². The smallest absolute Gasteiger partial charge is 0.211 e. The molecule has 186 valence electrons. The second-order valence-electron chi connectivity index (χ2n) is 8.83. The minimum atomic E-state index is -3.16. The fourth-order valence-corrected chi connectivity index (χ4v) is 5.42. The van der Waals surface area contributed by atoms with Crippen LogP contribution in [0.1, 0.15) is 11.1 Å². The van der Waals surface area contributed by atoms with Crippen molar-refractivity contribution in [1.82, 2.24) is 29.4 Å². The summed E-state index contributed by atoms with van der Waals surface area (Å²) < 4.78 is 25.2. The third-order valence-corrected chi connectivity index (χ3v) is 7.76. The summed E-state index contributed by atoms with van der Waals surface area (Å²) in [4.78, 5) is 11.9. The van der Waals surface area contributed by atoms with Gasteiger partial charge in [-0.05, 0) is 17.7 Å². The molecule has 5 rings (SSSR count). The van der Waals surface area contributed by atoms with Crippen molar-refractivity contribution in [3.8, 4) is 22.6 Å². The molecule has 1 fully saturated rings. The molecular formula is C25H28N8O2S. The fourth-order valence-electron chi connectivity index (χ4n) is 4.59. The van der Waals surface area contributed by atoms with Gasteiger partial charge in [0.15, 0.2) is 5.82 Å². The SMILES string of the molecule is CNc1nc(-c2cccc3[nH]ncc23)nc(-c2cccc(CN3CCN(S(C)(=O)=O)CC3)c2)c1C=N. The molecule has 0 spiro atoms. The summed E-state index contributed by atoms with van der Waals surface area (Å²) in [6.45, 7) is 3.06. The van der Waals surface area contributed by atoms with Gasteiger partial charge in [0.25, 0.3) is 0 Å². The predicted octanol–water partition coefficient (Wildman–Crippen LogP) is 2.80. The van der Waals surface area contributed by atoms with E-state index in [-0.39, 0.29) is 0 Å². The molecule has 0 aliphatic carbocycles. The molecule has 1 aliphatic heterocycles. The topological polar surface area (TPSA) is 131 Å². The van der Waals surface area contributed by atoms with Gasteiger partial charge in [0.2, 0.25) is 10.0 Å². The van der Waals surface area contributed by atoms with E-state index in [2.05, 4.69) is 32.5 Å². The first-order valence-corrected chi connectivity index (χ1v) is 13.5. The van der Waals surface area contributed by atoms with Crippen LogP contribution in [0.25, 0.3) is 33.5 Å². The van der Waals surface area contributed by atoms with Gasteiger partial charge in [-0.15, -0.1) is 0 Å². The second-order valence-corrected chi connectivity index (χ2v) is 10.8. The maximum Gasteiger partial charge on any atom is 0.211 e. The Morgan fingerprint density at radius 3 is 2.61 bits per heavy atom. The number of anilines is 1. The molecule has 0 bridgehead atoms. The number of sulfonamides is 1. The number of aromatic nitrogens is 4. The van der Waals surface area contributed by atoms with E-state index in [1.165, 1.54) is 16.8 Å². The van der Waals surface area contributed by atoms with Crippen LogP contribution >= 0.6 is 0 Å². The van der Waals surface area contributed by atoms with Crippen LogP contribution in [0.4, 0.5) is 5.82 Å². The lowest BCUT2D eigenvalue weighted by Gasteiger charge is -2.33. The first-order valence-electron chi connectivity index (χ1n) is 11.7. The van der Waals surface area contributed by atoms with Gasteiger partial charge in [-0.3, -0.25) is 10.00 Å². The molecule has 0 atom stereocenters. The average Bonchev–Trinajstić information content (AvgIpc) is 3.37. The molecule has 0 saturated carbocycles. The Labute approximate surface area is 209 Å². The van der Waals surface area contributed by atoms with E-state index in [4.69, 9.17) is 15.4 Å². The van der Waals surface area contributed by atoms with E-state index < -0.39 is 10.0 Å². The quantitative estimate of drug-likeness (QED) is 0.330. The zero-order valence-electron chi connectivity index (χ0n) is 20.2. The van der Waals surface area contributed by atoms with Crippen LogP contribution in [0.5, 0.6) is 0 Å². The molecule has 36 heavy (non-hydrogen) atoms. The first kappa shape index (κ1) is 24.0. The van der Waals surface area contributed by atoms with Crippen LogP contribution in [0.2, 0.25) is 0 Å². The number of piperazine rings is 1. The molecule has 3 N–H and O–H groups in total. The van der Waals surface area contributed by atoms with Crippen LogP contribution < -0.4 is 5.32 Å². The number of nitrogens with one attached hydrogen (secondary N) is 3. The van der Waals surface area contributed by atoms with Gasteiger partial charge < -0.3 is 10.7 Å². The predicted molar refractivity (Wildman–Crippen MR) is 142 cm³/mol. The van der Waals surface area contributed by atoms with Gasteiger partial charge in [0, 0.05) is 62.5 Å². The highest BCUT2D eigenvalue weighted by Crippen LogP contribution is 2.32. The summed E-state index contributed by atoms with van der Waals surface area (Å²) in [6.07, 6.45) is 4.30. The molecule has 2 aromatic carbocycles. The van der Waals surface area contributed by atoms with E-state index >= 15 is 0 Å². The second kappa shape index (κ2) is 9.76. The molecule has 4 aromatic rings. The van der Waals surface area contributed by atoms with Gasteiger partial charge in [0.1, 0.15) is 5.82 Å². The van der Waals surface area contributed by atoms with Crippen LogP contribution in [-0.4, -0.2) is 83.5 Å². The molecule has 0 radical (unpaired) electrons. The minimum Gasteiger partial charge on any atom is -0.372 e. The molecule has 0 unspecified atom stereocenters. The van der Waals surface area contributed by atoms with Crippen molar-refractivity contribution >= 4 is 33.0 Å². The molecule has 0 amide bonds. The summed E-state index contributed by atoms with van der Waals surface area (Å²) in [6, 6.07) is 14.0.